The lowest BCUT2D eigenvalue weighted by molar-refractivity contribution is -0.0851. The first-order chi connectivity index (χ1) is 12.8. The Balaban J connectivity index is 1.61. The first kappa shape index (κ1) is 18.0. The number of nitrogens with zero attached hydrogens (tertiary/aromatic N) is 2. The van der Waals surface area contributed by atoms with Gasteiger partial charge in [0.2, 0.25) is 0 Å². The fraction of sp³-hybridized carbons (Fsp3) is 0.500. The monoisotopic (exact) mass is 371 g/mol. The fourth-order valence-corrected chi connectivity index (χ4v) is 4.53. The van der Waals surface area contributed by atoms with Gasteiger partial charge < -0.3 is 19.9 Å². The molecule has 7 nitrogen and oxygen atoms in total. The number of para-hydroxylation sites is 2. The molecule has 27 heavy (non-hydrogen) atoms. The predicted molar refractivity (Wildman–Crippen MR) is 99.3 cm³/mol. The van der Waals surface area contributed by atoms with E-state index in [1.807, 2.05) is 45.0 Å². The minimum Gasteiger partial charge on any atom is -0.494 e. The lowest BCUT2D eigenvalue weighted by Crippen LogP contribution is -2.65. The van der Waals surface area contributed by atoms with Gasteiger partial charge in [-0.3, -0.25) is 4.79 Å². The Hall–Kier alpha value is -2.38. The Morgan fingerprint density at radius 3 is 2.70 bits per heavy atom. The van der Waals surface area contributed by atoms with Gasteiger partial charge in [0.25, 0.3) is 5.91 Å². The van der Waals surface area contributed by atoms with Gasteiger partial charge in [0.1, 0.15) is 11.4 Å². The van der Waals surface area contributed by atoms with E-state index in [-0.39, 0.29) is 12.5 Å². The third-order valence-corrected chi connectivity index (χ3v) is 6.08. The lowest BCUT2D eigenvalue weighted by atomic mass is 9.63. The highest BCUT2D eigenvalue weighted by Gasteiger charge is 2.72. The molecule has 0 spiro atoms. The number of carbonyl (C=O) groups excluding carboxylic acids is 1. The summed E-state index contributed by atoms with van der Waals surface area (Å²) in [7, 11) is 1.61. The van der Waals surface area contributed by atoms with Gasteiger partial charge >= 0.3 is 0 Å². The van der Waals surface area contributed by atoms with Gasteiger partial charge in [-0.05, 0) is 32.9 Å². The number of aromatic nitrogens is 2. The third kappa shape index (κ3) is 2.49. The molecule has 2 aromatic rings. The van der Waals surface area contributed by atoms with Crippen LogP contribution in [0.15, 0.2) is 30.5 Å². The Bertz CT molecular complexity index is 896. The second-order valence-electron chi connectivity index (χ2n) is 8.07. The quantitative estimate of drug-likeness (QED) is 0.840. The Labute approximate surface area is 158 Å². The second-order valence-corrected chi connectivity index (χ2v) is 8.07. The van der Waals surface area contributed by atoms with E-state index in [0.29, 0.717) is 24.2 Å². The minimum absolute atomic E-state index is 0.0290. The average molecular weight is 371 g/mol. The summed E-state index contributed by atoms with van der Waals surface area (Å²) in [4.78, 5) is 13.0. The first-order valence-electron chi connectivity index (χ1n) is 9.08. The summed E-state index contributed by atoms with van der Waals surface area (Å²) in [5.41, 5.74) is 0.511. The number of rotatable bonds is 5. The number of benzene rings is 1. The molecule has 144 valence electrons. The Morgan fingerprint density at radius 1 is 1.37 bits per heavy atom. The van der Waals surface area contributed by atoms with Crippen molar-refractivity contribution in [1.29, 1.82) is 0 Å². The van der Waals surface area contributed by atoms with E-state index in [4.69, 9.17) is 9.47 Å². The van der Waals surface area contributed by atoms with Gasteiger partial charge in [0.05, 0.1) is 47.9 Å². The van der Waals surface area contributed by atoms with Crippen molar-refractivity contribution in [3.63, 3.8) is 0 Å². The van der Waals surface area contributed by atoms with Crippen molar-refractivity contribution in [2.75, 3.05) is 13.7 Å². The van der Waals surface area contributed by atoms with Gasteiger partial charge in [0.15, 0.2) is 0 Å². The Morgan fingerprint density at radius 2 is 2.07 bits per heavy atom. The number of hydrogen-bond acceptors (Lipinski definition) is 5. The van der Waals surface area contributed by atoms with Crippen LogP contribution < -0.4 is 10.1 Å². The Kier molecular flexibility index (Phi) is 3.87. The van der Waals surface area contributed by atoms with E-state index >= 15 is 0 Å². The SMILES string of the molecule is COc1ccccc1-n1ncc(C(=O)NC23CC(CO)(C2)OC3(C)C)c1C. The smallest absolute Gasteiger partial charge is 0.255 e. The van der Waals surface area contributed by atoms with Crippen molar-refractivity contribution >= 4 is 5.91 Å². The predicted octanol–water partition coefficient (Wildman–Crippen LogP) is 1.99. The molecule has 2 aliphatic heterocycles. The van der Waals surface area contributed by atoms with Crippen LogP contribution in [0.3, 0.4) is 0 Å². The van der Waals surface area contributed by atoms with E-state index in [1.165, 1.54) is 0 Å². The summed E-state index contributed by atoms with van der Waals surface area (Å²) in [6.07, 6.45) is 2.82. The van der Waals surface area contributed by atoms with Crippen LogP contribution in [0.25, 0.3) is 5.69 Å². The first-order valence-corrected chi connectivity index (χ1v) is 9.08. The van der Waals surface area contributed by atoms with Gasteiger partial charge in [-0.2, -0.15) is 5.10 Å². The number of methoxy groups -OCH3 is 1. The molecule has 3 aliphatic rings. The minimum atomic E-state index is -0.530. The third-order valence-electron chi connectivity index (χ3n) is 6.08. The van der Waals surface area contributed by atoms with Gasteiger partial charge in [-0.25, -0.2) is 4.68 Å². The van der Waals surface area contributed by atoms with E-state index in [9.17, 15) is 9.90 Å². The number of aliphatic hydroxyl groups excluding tert-OH is 1. The molecule has 2 saturated heterocycles. The van der Waals surface area contributed by atoms with Gasteiger partial charge in [-0.1, -0.05) is 12.1 Å². The summed E-state index contributed by atoms with van der Waals surface area (Å²) >= 11 is 0. The standard InChI is InChI=1S/C20H25N3O4/c1-13-14(9-21-23(13)15-7-5-6-8-16(15)26-4)17(25)22-20-10-19(11-20,12-24)27-18(20,2)3/h5-9,24H,10-12H2,1-4H3,(H,22,25). The van der Waals surface area contributed by atoms with Crippen molar-refractivity contribution < 1.29 is 19.4 Å². The lowest BCUT2D eigenvalue weighted by Gasteiger charge is -2.46. The summed E-state index contributed by atoms with van der Waals surface area (Å²) in [6.45, 7) is 5.76. The number of ether oxygens (including phenoxy) is 2. The topological polar surface area (TPSA) is 85.6 Å². The average Bonchev–Trinajstić information content (AvgIpc) is 3.17. The molecule has 7 heteroatoms. The van der Waals surface area contributed by atoms with Crippen LogP contribution in [0.4, 0.5) is 0 Å². The molecule has 5 rings (SSSR count). The molecule has 0 radical (unpaired) electrons. The summed E-state index contributed by atoms with van der Waals surface area (Å²) in [5.74, 6) is 0.505. The van der Waals surface area contributed by atoms with E-state index in [2.05, 4.69) is 10.4 Å². The normalized spacial score (nSPS) is 27.9. The molecule has 0 atom stereocenters. The van der Waals surface area contributed by atoms with Crippen molar-refractivity contribution in [2.45, 2.75) is 50.4 Å². The van der Waals surface area contributed by atoms with Crippen molar-refractivity contribution in [2.24, 2.45) is 0 Å². The summed E-state index contributed by atoms with van der Waals surface area (Å²) < 4.78 is 13.1. The highest BCUT2D eigenvalue weighted by Crippen LogP contribution is 2.60. The van der Waals surface area contributed by atoms with Crippen LogP contribution in [-0.4, -0.2) is 51.3 Å². The maximum absolute atomic E-state index is 13.0. The number of amides is 1. The molecule has 1 aromatic carbocycles. The van der Waals surface area contributed by atoms with Gasteiger partial charge in [0, 0.05) is 12.8 Å². The molecule has 0 unspecified atom stereocenters. The number of nitrogens with one attached hydrogen (secondary N) is 1. The maximum atomic E-state index is 13.0. The highest BCUT2D eigenvalue weighted by molar-refractivity contribution is 5.96. The maximum Gasteiger partial charge on any atom is 0.255 e. The van der Waals surface area contributed by atoms with Gasteiger partial charge in [-0.15, -0.1) is 0 Å². The van der Waals surface area contributed by atoms with E-state index < -0.39 is 16.7 Å². The van der Waals surface area contributed by atoms with Crippen LogP contribution in [0, 0.1) is 6.92 Å². The number of fused-ring (bicyclic) bond motifs is 1. The molecular weight excluding hydrogens is 346 g/mol. The highest BCUT2D eigenvalue weighted by atomic mass is 16.6. The zero-order valence-corrected chi connectivity index (χ0v) is 16.1. The zero-order valence-electron chi connectivity index (χ0n) is 16.1. The number of aliphatic hydroxyl groups is 1. The van der Waals surface area contributed by atoms with Crippen molar-refractivity contribution in [3.05, 3.63) is 41.7 Å². The van der Waals surface area contributed by atoms with Crippen LogP contribution in [0.1, 0.15) is 42.7 Å². The number of hydrogen-bond donors (Lipinski definition) is 2. The van der Waals surface area contributed by atoms with Crippen LogP contribution in [-0.2, 0) is 4.74 Å². The van der Waals surface area contributed by atoms with E-state index in [1.54, 1.807) is 18.0 Å². The van der Waals surface area contributed by atoms with E-state index in [0.717, 1.165) is 11.4 Å². The van der Waals surface area contributed by atoms with Crippen LogP contribution in [0.5, 0.6) is 5.75 Å². The second kappa shape index (κ2) is 5.81. The summed E-state index contributed by atoms with van der Waals surface area (Å²) in [6, 6.07) is 7.55. The van der Waals surface area contributed by atoms with Crippen molar-refractivity contribution in [3.8, 4) is 11.4 Å². The molecule has 2 N–H and O–H groups in total. The molecule has 1 saturated carbocycles. The summed E-state index contributed by atoms with van der Waals surface area (Å²) in [5, 5.41) is 17.2. The number of carbonyl (C=O) groups is 1. The van der Waals surface area contributed by atoms with Crippen LogP contribution in [0.2, 0.25) is 0 Å². The molecule has 1 aliphatic carbocycles. The zero-order chi connectivity index (χ0) is 19.4. The molecule has 2 bridgehead atoms. The molecule has 3 fully saturated rings. The van der Waals surface area contributed by atoms with Crippen LogP contribution >= 0.6 is 0 Å². The fourth-order valence-electron chi connectivity index (χ4n) is 4.53. The molecule has 1 amide bonds. The molecule has 1 aromatic heterocycles. The molecule has 3 heterocycles. The largest absolute Gasteiger partial charge is 0.494 e. The molecular formula is C20H25N3O4. The van der Waals surface area contributed by atoms with Crippen molar-refractivity contribution in [1.82, 2.24) is 15.1 Å².